The number of likely N-dealkylation sites (N-methyl/N-ethyl adjacent to an activating group) is 1. The van der Waals surface area contributed by atoms with E-state index in [4.69, 9.17) is 11.5 Å². The number of benzene rings is 1. The molecule has 1 heterocycles. The van der Waals surface area contributed by atoms with Gasteiger partial charge < -0.3 is 21.7 Å². The van der Waals surface area contributed by atoms with Crippen molar-refractivity contribution >= 4 is 23.6 Å². The average Bonchev–Trinajstić information content (AvgIpc) is 3.15. The Balaban J connectivity index is 2.08. The van der Waals surface area contributed by atoms with E-state index >= 15 is 0 Å². The van der Waals surface area contributed by atoms with Crippen LogP contribution >= 0.6 is 0 Å². The first-order valence-electron chi connectivity index (χ1n) is 12.4. The summed E-state index contributed by atoms with van der Waals surface area (Å²) in [7, 11) is 1.66. The van der Waals surface area contributed by atoms with Crippen LogP contribution in [-0.4, -0.2) is 84.6 Å². The van der Waals surface area contributed by atoms with Crippen LogP contribution in [0.25, 0.3) is 0 Å². The number of guanidine groups is 1. The molecule has 1 aliphatic heterocycles. The zero-order valence-corrected chi connectivity index (χ0v) is 21.1. The summed E-state index contributed by atoms with van der Waals surface area (Å²) < 4.78 is 28.1. The van der Waals surface area contributed by atoms with Crippen LogP contribution in [0.3, 0.4) is 0 Å². The summed E-state index contributed by atoms with van der Waals surface area (Å²) >= 11 is 0. The number of alkyl halides is 2. The number of amides is 2. The van der Waals surface area contributed by atoms with Crippen molar-refractivity contribution in [2.45, 2.75) is 63.5 Å². The number of likely N-dealkylation sites (tertiary alicyclic amines) is 1. The molecular weight excluding hydrogens is 470 g/mol. The number of nitrogens with zero attached hydrogens (tertiary/aromatic N) is 3. The van der Waals surface area contributed by atoms with Crippen LogP contribution in [0.1, 0.15) is 44.6 Å². The number of nitrogens with two attached hydrogens (primary N) is 2. The standard InChI is InChI=1S/C25H38F2N6O3/c1-3-4-11-19(34)17-33(14-8-13-32-15-12-25(26,27)21(32)22(28)35)24(29)31-23(36)20(30-2)16-18-9-6-5-7-10-18/h5-7,9-10,20-21,30H,3-4,8,11-17H2,1-2H3,(H2,28,35)(H2,29,31,36)/t20-,21-/m1/s1. The Kier molecular flexibility index (Phi) is 11.4. The van der Waals surface area contributed by atoms with Crippen molar-refractivity contribution in [3.05, 3.63) is 35.9 Å². The van der Waals surface area contributed by atoms with Crippen LogP contribution in [-0.2, 0) is 20.8 Å². The molecule has 2 amide bonds. The van der Waals surface area contributed by atoms with Crippen LogP contribution in [0.2, 0.25) is 0 Å². The second-order valence-electron chi connectivity index (χ2n) is 9.11. The predicted octanol–water partition coefficient (Wildman–Crippen LogP) is 1.30. The summed E-state index contributed by atoms with van der Waals surface area (Å²) in [5, 5.41) is 2.95. The number of aliphatic imine (C=N–C) groups is 1. The van der Waals surface area contributed by atoms with Gasteiger partial charge in [-0.1, -0.05) is 43.7 Å². The smallest absolute Gasteiger partial charge is 0.273 e. The van der Waals surface area contributed by atoms with Gasteiger partial charge in [-0.2, -0.15) is 4.99 Å². The molecule has 1 aromatic rings. The molecule has 0 spiro atoms. The van der Waals surface area contributed by atoms with Gasteiger partial charge in [0.1, 0.15) is 0 Å². The minimum absolute atomic E-state index is 0.0407. The number of halogens is 2. The summed E-state index contributed by atoms with van der Waals surface area (Å²) in [6.45, 7) is 2.35. The minimum Gasteiger partial charge on any atom is -0.369 e. The fraction of sp³-hybridized carbons (Fsp3) is 0.600. The molecular formula is C25H38F2N6O3. The van der Waals surface area contributed by atoms with Gasteiger partial charge in [-0.25, -0.2) is 8.78 Å². The zero-order valence-electron chi connectivity index (χ0n) is 21.1. The molecule has 0 unspecified atom stereocenters. The number of nitrogens with one attached hydrogen (secondary N) is 1. The third kappa shape index (κ3) is 8.63. The molecule has 200 valence electrons. The topological polar surface area (TPSA) is 134 Å². The Morgan fingerprint density at radius 2 is 1.92 bits per heavy atom. The molecule has 1 aromatic carbocycles. The predicted molar refractivity (Wildman–Crippen MR) is 134 cm³/mol. The van der Waals surface area contributed by atoms with Gasteiger partial charge in [0.15, 0.2) is 17.8 Å². The molecule has 1 fully saturated rings. The normalized spacial score (nSPS) is 18.7. The average molecular weight is 509 g/mol. The van der Waals surface area contributed by atoms with Crippen molar-refractivity contribution < 1.29 is 23.2 Å². The number of hydrogen-bond donors (Lipinski definition) is 3. The van der Waals surface area contributed by atoms with Gasteiger partial charge in [-0.05, 0) is 31.9 Å². The zero-order chi connectivity index (χ0) is 26.7. The van der Waals surface area contributed by atoms with Crippen LogP contribution in [0.4, 0.5) is 8.78 Å². The molecule has 1 aliphatic rings. The van der Waals surface area contributed by atoms with E-state index in [9.17, 15) is 23.2 Å². The first-order valence-corrected chi connectivity index (χ1v) is 12.4. The SMILES string of the molecule is CCCCC(=O)CN(CCCN1CCC(F)(F)[C@H]1C(N)=O)C(N)=NC(=O)[C@@H](Cc1ccccc1)NC. The van der Waals surface area contributed by atoms with Crippen LogP contribution in [0.5, 0.6) is 0 Å². The highest BCUT2D eigenvalue weighted by molar-refractivity contribution is 5.96. The molecule has 1 saturated heterocycles. The number of carbonyl (C=O) groups excluding carboxylic acids is 3. The molecule has 9 nitrogen and oxygen atoms in total. The number of hydrogen-bond acceptors (Lipinski definition) is 5. The lowest BCUT2D eigenvalue weighted by Gasteiger charge is -2.27. The second-order valence-corrected chi connectivity index (χ2v) is 9.11. The van der Waals surface area contributed by atoms with Gasteiger partial charge in [0, 0.05) is 32.5 Å². The van der Waals surface area contributed by atoms with Crippen molar-refractivity contribution in [2.75, 3.05) is 33.2 Å². The number of ketones is 1. The van der Waals surface area contributed by atoms with Gasteiger partial charge >= 0.3 is 0 Å². The van der Waals surface area contributed by atoms with Gasteiger partial charge in [-0.15, -0.1) is 0 Å². The summed E-state index contributed by atoms with van der Waals surface area (Å²) in [6.07, 6.45) is 2.25. The van der Waals surface area contributed by atoms with E-state index in [1.165, 1.54) is 9.80 Å². The first kappa shape index (κ1) is 29.3. The summed E-state index contributed by atoms with van der Waals surface area (Å²) in [6, 6.07) is 7.21. The van der Waals surface area contributed by atoms with E-state index in [0.29, 0.717) is 19.3 Å². The molecule has 0 saturated carbocycles. The van der Waals surface area contributed by atoms with E-state index in [0.717, 1.165) is 18.4 Å². The fourth-order valence-corrected chi connectivity index (χ4v) is 4.28. The third-order valence-corrected chi connectivity index (χ3v) is 6.29. The Morgan fingerprint density at radius 3 is 2.53 bits per heavy atom. The fourth-order valence-electron chi connectivity index (χ4n) is 4.28. The summed E-state index contributed by atoms with van der Waals surface area (Å²) in [4.78, 5) is 43.8. The summed E-state index contributed by atoms with van der Waals surface area (Å²) in [5.74, 6) is -4.86. The number of unbranched alkanes of at least 4 members (excludes halogenated alkanes) is 1. The Hall–Kier alpha value is -2.92. The van der Waals surface area contributed by atoms with Gasteiger partial charge in [-0.3, -0.25) is 19.3 Å². The highest BCUT2D eigenvalue weighted by Gasteiger charge is 2.51. The van der Waals surface area contributed by atoms with Crippen molar-refractivity contribution in [3.8, 4) is 0 Å². The molecule has 2 atom stereocenters. The Bertz CT molecular complexity index is 912. The van der Waals surface area contributed by atoms with Crippen LogP contribution < -0.4 is 16.8 Å². The largest absolute Gasteiger partial charge is 0.369 e. The number of rotatable bonds is 14. The lowest BCUT2D eigenvalue weighted by molar-refractivity contribution is -0.132. The number of Topliss-reactive ketones (excluding diaryl/α,β-unsaturated/α-hetero) is 1. The van der Waals surface area contributed by atoms with E-state index in [2.05, 4.69) is 10.3 Å². The van der Waals surface area contributed by atoms with Crippen LogP contribution in [0.15, 0.2) is 35.3 Å². The second kappa shape index (κ2) is 14.0. The maximum Gasteiger partial charge on any atom is 0.273 e. The minimum atomic E-state index is -3.17. The Morgan fingerprint density at radius 1 is 1.22 bits per heavy atom. The van der Waals surface area contributed by atoms with Crippen molar-refractivity contribution in [1.29, 1.82) is 0 Å². The quantitative estimate of drug-likeness (QED) is 0.255. The lowest BCUT2D eigenvalue weighted by atomic mass is 10.1. The molecule has 36 heavy (non-hydrogen) atoms. The van der Waals surface area contributed by atoms with Gasteiger partial charge in [0.05, 0.1) is 12.6 Å². The summed E-state index contributed by atoms with van der Waals surface area (Å²) in [5.41, 5.74) is 12.3. The molecule has 0 aliphatic carbocycles. The number of primary amides is 1. The monoisotopic (exact) mass is 508 g/mol. The highest BCUT2D eigenvalue weighted by atomic mass is 19.3. The molecule has 0 bridgehead atoms. The van der Waals surface area contributed by atoms with Gasteiger partial charge in [0.2, 0.25) is 5.91 Å². The van der Waals surface area contributed by atoms with E-state index in [1.54, 1.807) is 7.05 Å². The Labute approximate surface area is 211 Å². The maximum atomic E-state index is 14.0. The molecule has 0 radical (unpaired) electrons. The van der Waals surface area contributed by atoms with Crippen molar-refractivity contribution in [1.82, 2.24) is 15.1 Å². The van der Waals surface area contributed by atoms with E-state index in [-0.39, 0.29) is 37.9 Å². The molecule has 5 N–H and O–H groups in total. The first-order chi connectivity index (χ1) is 17.1. The van der Waals surface area contributed by atoms with Gasteiger partial charge in [0.25, 0.3) is 11.8 Å². The molecule has 11 heteroatoms. The third-order valence-electron chi connectivity index (χ3n) is 6.29. The highest BCUT2D eigenvalue weighted by Crippen LogP contribution is 2.33. The van der Waals surface area contributed by atoms with Crippen molar-refractivity contribution in [3.63, 3.8) is 0 Å². The van der Waals surface area contributed by atoms with E-state index < -0.39 is 36.2 Å². The maximum absolute atomic E-state index is 14.0. The number of carbonyl (C=O) groups is 3. The van der Waals surface area contributed by atoms with Crippen LogP contribution in [0, 0.1) is 0 Å². The molecule has 2 rings (SSSR count). The van der Waals surface area contributed by atoms with E-state index in [1.807, 2.05) is 37.3 Å². The molecule has 0 aromatic heterocycles. The van der Waals surface area contributed by atoms with Crippen molar-refractivity contribution in [2.24, 2.45) is 16.5 Å². The lowest BCUT2D eigenvalue weighted by Crippen LogP contribution is -2.49.